The highest BCUT2D eigenvalue weighted by Gasteiger charge is 2.35. The van der Waals surface area contributed by atoms with Crippen LogP contribution < -0.4 is 10.1 Å². The molecule has 0 heterocycles. The van der Waals surface area contributed by atoms with Gasteiger partial charge >= 0.3 is 0 Å². The van der Waals surface area contributed by atoms with E-state index in [2.05, 4.69) is 26.1 Å². The molecule has 2 rings (SSSR count). The number of likely N-dealkylation sites (N-methyl/N-ethyl adjacent to an activating group) is 1. The number of halogens is 1. The Morgan fingerprint density at radius 2 is 2.21 bits per heavy atom. The largest absolute Gasteiger partial charge is 0.489 e. The molecule has 0 aromatic heterocycles. The number of ether oxygens (including phenoxy) is 1. The second-order valence-electron chi connectivity index (χ2n) is 6.18. The first kappa shape index (κ1) is 14.3. The second-order valence-corrected chi connectivity index (χ2v) is 6.18. The highest BCUT2D eigenvalue weighted by atomic mass is 19.1. The zero-order valence-corrected chi connectivity index (χ0v) is 12.1. The molecule has 3 heteroatoms. The quantitative estimate of drug-likeness (QED) is 0.895. The zero-order valence-electron chi connectivity index (χ0n) is 12.1. The van der Waals surface area contributed by atoms with Crippen molar-refractivity contribution < 1.29 is 9.13 Å². The summed E-state index contributed by atoms with van der Waals surface area (Å²) >= 11 is 0. The maximum atomic E-state index is 13.2. The SMILES string of the molecule is CCNC1CCC(C)(C)CC1Oc1cccc(F)c1. The van der Waals surface area contributed by atoms with Crippen LogP contribution in [0.1, 0.15) is 40.0 Å². The Kier molecular flexibility index (Phi) is 4.46. The fourth-order valence-corrected chi connectivity index (χ4v) is 2.86. The Balaban J connectivity index is 2.09. The van der Waals surface area contributed by atoms with Crippen LogP contribution in [-0.2, 0) is 0 Å². The van der Waals surface area contributed by atoms with Crippen molar-refractivity contribution in [3.63, 3.8) is 0 Å². The molecular weight excluding hydrogens is 241 g/mol. The lowest BCUT2D eigenvalue weighted by Crippen LogP contribution is -2.49. The van der Waals surface area contributed by atoms with Gasteiger partial charge in [-0.05, 0) is 43.4 Å². The molecule has 1 aromatic rings. The first-order valence-corrected chi connectivity index (χ1v) is 7.16. The van der Waals surface area contributed by atoms with Crippen LogP contribution >= 0.6 is 0 Å². The molecule has 2 nitrogen and oxygen atoms in total. The van der Waals surface area contributed by atoms with Crippen LogP contribution in [0.2, 0.25) is 0 Å². The lowest BCUT2D eigenvalue weighted by Gasteiger charge is -2.40. The van der Waals surface area contributed by atoms with Crippen molar-refractivity contribution in [2.75, 3.05) is 6.54 Å². The molecule has 0 aliphatic heterocycles. The first-order chi connectivity index (χ1) is 9.00. The van der Waals surface area contributed by atoms with Crippen LogP contribution in [0.4, 0.5) is 4.39 Å². The van der Waals surface area contributed by atoms with Crippen LogP contribution in [0.15, 0.2) is 24.3 Å². The smallest absolute Gasteiger partial charge is 0.126 e. The van der Waals surface area contributed by atoms with Crippen molar-refractivity contribution in [3.05, 3.63) is 30.1 Å². The van der Waals surface area contributed by atoms with E-state index in [1.54, 1.807) is 6.07 Å². The number of nitrogens with one attached hydrogen (secondary N) is 1. The van der Waals surface area contributed by atoms with Gasteiger partial charge in [0.2, 0.25) is 0 Å². The fraction of sp³-hybridized carbons (Fsp3) is 0.625. The molecule has 2 unspecified atom stereocenters. The average Bonchev–Trinajstić information content (AvgIpc) is 2.32. The summed E-state index contributed by atoms with van der Waals surface area (Å²) in [4.78, 5) is 0. The standard InChI is InChI=1S/C16H24FNO/c1-4-18-14-8-9-16(2,3)11-15(14)19-13-7-5-6-12(17)10-13/h5-7,10,14-15,18H,4,8-9,11H2,1-3H3. The van der Waals surface area contributed by atoms with E-state index in [9.17, 15) is 4.39 Å². The molecule has 1 aromatic carbocycles. The van der Waals surface area contributed by atoms with Crippen LogP contribution in [0.3, 0.4) is 0 Å². The Labute approximate surface area is 115 Å². The van der Waals surface area contributed by atoms with Gasteiger partial charge in [0, 0.05) is 12.1 Å². The molecular formula is C16H24FNO. The average molecular weight is 265 g/mol. The van der Waals surface area contributed by atoms with Crippen molar-refractivity contribution in [2.24, 2.45) is 5.41 Å². The third-order valence-electron chi connectivity index (χ3n) is 3.88. The summed E-state index contributed by atoms with van der Waals surface area (Å²) < 4.78 is 19.3. The van der Waals surface area contributed by atoms with Crippen molar-refractivity contribution in [2.45, 2.75) is 52.2 Å². The number of hydrogen-bond donors (Lipinski definition) is 1. The summed E-state index contributed by atoms with van der Waals surface area (Å²) in [5.41, 5.74) is 0.296. The van der Waals surface area contributed by atoms with Crippen LogP contribution in [0, 0.1) is 11.2 Å². The maximum absolute atomic E-state index is 13.2. The monoisotopic (exact) mass is 265 g/mol. The van der Waals surface area contributed by atoms with Gasteiger partial charge in [0.25, 0.3) is 0 Å². The van der Waals surface area contributed by atoms with Gasteiger partial charge < -0.3 is 10.1 Å². The molecule has 1 fully saturated rings. The summed E-state index contributed by atoms with van der Waals surface area (Å²) in [6, 6.07) is 6.79. The lowest BCUT2D eigenvalue weighted by atomic mass is 9.74. The third-order valence-corrected chi connectivity index (χ3v) is 3.88. The van der Waals surface area contributed by atoms with Gasteiger partial charge in [-0.2, -0.15) is 0 Å². The lowest BCUT2D eigenvalue weighted by molar-refractivity contribution is 0.0535. The van der Waals surface area contributed by atoms with Gasteiger partial charge in [-0.1, -0.05) is 26.8 Å². The minimum atomic E-state index is -0.243. The van der Waals surface area contributed by atoms with Crippen LogP contribution in [0.25, 0.3) is 0 Å². The highest BCUT2D eigenvalue weighted by Crippen LogP contribution is 2.37. The summed E-state index contributed by atoms with van der Waals surface area (Å²) in [7, 11) is 0. The van der Waals surface area contributed by atoms with Crippen molar-refractivity contribution >= 4 is 0 Å². The van der Waals surface area contributed by atoms with E-state index in [0.29, 0.717) is 17.2 Å². The summed E-state index contributed by atoms with van der Waals surface area (Å²) in [5.74, 6) is 0.387. The van der Waals surface area contributed by atoms with Gasteiger partial charge in [-0.25, -0.2) is 4.39 Å². The number of benzene rings is 1. The van der Waals surface area contributed by atoms with E-state index in [-0.39, 0.29) is 11.9 Å². The van der Waals surface area contributed by atoms with E-state index < -0.39 is 0 Å². The van der Waals surface area contributed by atoms with E-state index >= 15 is 0 Å². The molecule has 19 heavy (non-hydrogen) atoms. The summed E-state index contributed by atoms with van der Waals surface area (Å²) in [6.45, 7) is 7.60. The van der Waals surface area contributed by atoms with Crippen molar-refractivity contribution in [1.82, 2.24) is 5.32 Å². The van der Waals surface area contributed by atoms with E-state index in [1.807, 2.05) is 6.07 Å². The molecule has 1 aliphatic carbocycles. The van der Waals surface area contributed by atoms with Gasteiger partial charge in [0.1, 0.15) is 17.7 Å². The Morgan fingerprint density at radius 3 is 2.89 bits per heavy atom. The van der Waals surface area contributed by atoms with Gasteiger partial charge in [0.05, 0.1) is 0 Å². The fourth-order valence-electron chi connectivity index (χ4n) is 2.86. The van der Waals surface area contributed by atoms with E-state index in [0.717, 1.165) is 19.4 Å². The van der Waals surface area contributed by atoms with Crippen LogP contribution in [-0.4, -0.2) is 18.7 Å². The summed E-state index contributed by atoms with van der Waals surface area (Å²) in [6.07, 6.45) is 3.43. The van der Waals surface area contributed by atoms with Crippen molar-refractivity contribution in [1.29, 1.82) is 0 Å². The molecule has 0 bridgehead atoms. The van der Waals surface area contributed by atoms with Gasteiger partial charge in [-0.3, -0.25) is 0 Å². The topological polar surface area (TPSA) is 21.3 Å². The molecule has 0 spiro atoms. The van der Waals surface area contributed by atoms with Crippen molar-refractivity contribution in [3.8, 4) is 5.75 Å². The second kappa shape index (κ2) is 5.91. The predicted octanol–water partition coefficient (Wildman–Crippen LogP) is 3.76. The molecule has 2 atom stereocenters. The molecule has 1 N–H and O–H groups in total. The minimum absolute atomic E-state index is 0.116. The molecule has 0 saturated heterocycles. The first-order valence-electron chi connectivity index (χ1n) is 7.16. The third kappa shape index (κ3) is 3.93. The molecule has 0 amide bonds. The van der Waals surface area contributed by atoms with Gasteiger partial charge in [0.15, 0.2) is 0 Å². The summed E-state index contributed by atoms with van der Waals surface area (Å²) in [5, 5.41) is 3.49. The Hall–Kier alpha value is -1.09. The van der Waals surface area contributed by atoms with Gasteiger partial charge in [-0.15, -0.1) is 0 Å². The number of hydrogen-bond acceptors (Lipinski definition) is 2. The van der Waals surface area contributed by atoms with E-state index in [4.69, 9.17) is 4.74 Å². The Morgan fingerprint density at radius 1 is 1.42 bits per heavy atom. The predicted molar refractivity (Wildman–Crippen MR) is 75.9 cm³/mol. The molecule has 106 valence electrons. The normalized spacial score (nSPS) is 26.1. The van der Waals surface area contributed by atoms with E-state index in [1.165, 1.54) is 18.6 Å². The molecule has 1 saturated carbocycles. The molecule has 1 aliphatic rings. The maximum Gasteiger partial charge on any atom is 0.126 e. The van der Waals surface area contributed by atoms with Crippen LogP contribution in [0.5, 0.6) is 5.75 Å². The highest BCUT2D eigenvalue weighted by molar-refractivity contribution is 5.23. The Bertz CT molecular complexity index is 419. The minimum Gasteiger partial charge on any atom is -0.489 e. The molecule has 0 radical (unpaired) electrons. The zero-order chi connectivity index (χ0) is 13.9. The number of rotatable bonds is 4.